The molecule has 1 atom stereocenters. The minimum absolute atomic E-state index is 0.0384. The van der Waals surface area contributed by atoms with Crippen molar-refractivity contribution in [2.45, 2.75) is 6.42 Å². The molecular weight excluding hydrogens is 152 g/mol. The maximum Gasteiger partial charge on any atom is 0.233 e. The maximum atomic E-state index is 11.3. The normalized spacial score (nSPS) is 23.1. The molecule has 0 radical (unpaired) electrons. The Hall–Kier alpha value is -1.56. The van der Waals surface area contributed by atoms with Gasteiger partial charge in [-0.25, -0.2) is 0 Å². The molecule has 3 nitrogen and oxygen atoms in total. The van der Waals surface area contributed by atoms with Gasteiger partial charge in [0.25, 0.3) is 0 Å². The molecule has 1 amide bonds. The van der Waals surface area contributed by atoms with Crippen molar-refractivity contribution in [2.24, 2.45) is 5.92 Å². The van der Waals surface area contributed by atoms with Crippen LogP contribution in [0.25, 0.3) is 0 Å². The van der Waals surface area contributed by atoms with Crippen LogP contribution in [0.4, 0.5) is 0 Å². The summed E-state index contributed by atoms with van der Waals surface area (Å²) >= 11 is 0. The molecule has 0 saturated carbocycles. The van der Waals surface area contributed by atoms with Crippen LogP contribution in [0.1, 0.15) is 6.42 Å². The van der Waals surface area contributed by atoms with Crippen molar-refractivity contribution in [1.82, 2.24) is 4.90 Å². The number of allylic oxidation sites excluding steroid dienone is 1. The summed E-state index contributed by atoms with van der Waals surface area (Å²) in [5, 5.41) is 8.25. The molecule has 0 aromatic heterocycles. The van der Waals surface area contributed by atoms with Crippen LogP contribution in [0.15, 0.2) is 24.9 Å². The third-order valence-corrected chi connectivity index (χ3v) is 1.90. The zero-order chi connectivity index (χ0) is 8.97. The van der Waals surface area contributed by atoms with Crippen molar-refractivity contribution in [3.05, 3.63) is 24.9 Å². The van der Waals surface area contributed by atoms with Gasteiger partial charge < -0.3 is 4.90 Å². The van der Waals surface area contributed by atoms with Gasteiger partial charge in [-0.3, -0.25) is 4.79 Å². The van der Waals surface area contributed by atoms with Crippen LogP contribution in [0, 0.1) is 17.2 Å². The fourth-order valence-corrected chi connectivity index (χ4v) is 1.24. The molecule has 0 spiro atoms. The first-order valence-corrected chi connectivity index (χ1v) is 3.79. The van der Waals surface area contributed by atoms with Gasteiger partial charge in [0.15, 0.2) is 0 Å². The van der Waals surface area contributed by atoms with E-state index in [2.05, 4.69) is 6.58 Å². The zero-order valence-electron chi connectivity index (χ0n) is 6.73. The van der Waals surface area contributed by atoms with Crippen LogP contribution in [0.3, 0.4) is 0 Å². The predicted molar refractivity (Wildman–Crippen MR) is 44.8 cm³/mol. The maximum absolute atomic E-state index is 11.3. The topological polar surface area (TPSA) is 44.1 Å². The van der Waals surface area contributed by atoms with Crippen molar-refractivity contribution in [1.29, 1.82) is 5.26 Å². The monoisotopic (exact) mass is 162 g/mol. The van der Waals surface area contributed by atoms with Crippen LogP contribution in [-0.4, -0.2) is 17.4 Å². The molecule has 1 saturated heterocycles. The van der Waals surface area contributed by atoms with Gasteiger partial charge in [0.1, 0.15) is 0 Å². The summed E-state index contributed by atoms with van der Waals surface area (Å²) < 4.78 is 0. The molecule has 3 heteroatoms. The Morgan fingerprint density at radius 2 is 2.50 bits per heavy atom. The van der Waals surface area contributed by atoms with E-state index in [1.807, 2.05) is 6.07 Å². The quantitative estimate of drug-likeness (QED) is 0.570. The lowest BCUT2D eigenvalue weighted by Gasteiger charge is -2.07. The molecule has 0 aromatic carbocycles. The number of carbonyl (C=O) groups is 1. The predicted octanol–water partition coefficient (Wildman–Crippen LogP) is 1.06. The van der Waals surface area contributed by atoms with Crippen LogP contribution >= 0.6 is 0 Å². The number of amides is 1. The average molecular weight is 162 g/mol. The average Bonchev–Trinajstić information content (AvgIpc) is 2.43. The molecule has 1 aliphatic rings. The molecule has 0 aliphatic carbocycles. The smallest absolute Gasteiger partial charge is 0.233 e. The standard InChI is InChI=1S/C9H10N2O/c1-2-11-7-5-8(9(11)12)4-3-6-10/h2-4,8H,1,5,7H2. The lowest BCUT2D eigenvalue weighted by Crippen LogP contribution is -2.20. The molecule has 0 aromatic rings. The molecule has 1 aliphatic heterocycles. The molecule has 0 bridgehead atoms. The Labute approximate surface area is 71.6 Å². The molecular formula is C9H10N2O. The highest BCUT2D eigenvalue weighted by Gasteiger charge is 2.27. The number of nitrogens with zero attached hydrogens (tertiary/aromatic N) is 2. The zero-order valence-corrected chi connectivity index (χ0v) is 6.73. The van der Waals surface area contributed by atoms with Crippen molar-refractivity contribution < 1.29 is 4.79 Å². The third-order valence-electron chi connectivity index (χ3n) is 1.90. The Morgan fingerprint density at radius 3 is 3.00 bits per heavy atom. The van der Waals surface area contributed by atoms with Crippen molar-refractivity contribution in [2.75, 3.05) is 6.54 Å². The van der Waals surface area contributed by atoms with Gasteiger partial charge in [0, 0.05) is 12.6 Å². The second-order valence-electron chi connectivity index (χ2n) is 2.60. The van der Waals surface area contributed by atoms with E-state index in [4.69, 9.17) is 5.26 Å². The van der Waals surface area contributed by atoms with Crippen LogP contribution < -0.4 is 0 Å². The summed E-state index contributed by atoms with van der Waals surface area (Å²) in [6.07, 6.45) is 5.31. The lowest BCUT2D eigenvalue weighted by atomic mass is 10.1. The number of nitriles is 1. The minimum atomic E-state index is -0.123. The fraction of sp³-hybridized carbons (Fsp3) is 0.333. The summed E-state index contributed by atoms with van der Waals surface area (Å²) in [7, 11) is 0. The lowest BCUT2D eigenvalue weighted by molar-refractivity contribution is -0.127. The van der Waals surface area contributed by atoms with E-state index >= 15 is 0 Å². The van der Waals surface area contributed by atoms with E-state index in [-0.39, 0.29) is 11.8 Å². The molecule has 1 heterocycles. The number of hydrogen-bond acceptors (Lipinski definition) is 2. The van der Waals surface area contributed by atoms with Crippen LogP contribution in [0.2, 0.25) is 0 Å². The number of hydrogen-bond donors (Lipinski definition) is 0. The second kappa shape index (κ2) is 3.72. The van der Waals surface area contributed by atoms with Crippen molar-refractivity contribution in [3.8, 4) is 6.07 Å². The highest BCUT2D eigenvalue weighted by molar-refractivity contribution is 5.83. The molecule has 0 N–H and O–H groups in total. The largest absolute Gasteiger partial charge is 0.319 e. The summed E-state index contributed by atoms with van der Waals surface area (Å²) in [5.41, 5.74) is 0. The summed E-state index contributed by atoms with van der Waals surface area (Å²) in [5.74, 6) is -0.0841. The van der Waals surface area contributed by atoms with Crippen LogP contribution in [-0.2, 0) is 4.79 Å². The molecule has 1 rings (SSSR count). The van der Waals surface area contributed by atoms with E-state index in [0.717, 1.165) is 6.42 Å². The van der Waals surface area contributed by atoms with E-state index < -0.39 is 0 Å². The Balaban J connectivity index is 2.62. The molecule has 62 valence electrons. The number of rotatable bonds is 2. The summed E-state index contributed by atoms with van der Waals surface area (Å²) in [6.45, 7) is 4.23. The van der Waals surface area contributed by atoms with Gasteiger partial charge in [-0.15, -0.1) is 0 Å². The summed E-state index contributed by atoms with van der Waals surface area (Å²) in [4.78, 5) is 12.9. The second-order valence-corrected chi connectivity index (χ2v) is 2.60. The van der Waals surface area contributed by atoms with E-state index in [0.29, 0.717) is 6.54 Å². The van der Waals surface area contributed by atoms with Gasteiger partial charge in [-0.1, -0.05) is 12.7 Å². The molecule has 12 heavy (non-hydrogen) atoms. The first kappa shape index (κ1) is 8.54. The van der Waals surface area contributed by atoms with E-state index in [1.54, 1.807) is 11.0 Å². The third kappa shape index (κ3) is 1.54. The molecule has 1 fully saturated rings. The SMILES string of the molecule is C=CN1CCC(C=CC#N)C1=O. The van der Waals surface area contributed by atoms with Crippen molar-refractivity contribution >= 4 is 5.91 Å². The van der Waals surface area contributed by atoms with Gasteiger partial charge in [0.2, 0.25) is 5.91 Å². The number of likely N-dealkylation sites (tertiary alicyclic amines) is 1. The fourth-order valence-electron chi connectivity index (χ4n) is 1.24. The van der Waals surface area contributed by atoms with E-state index in [1.165, 1.54) is 12.3 Å². The van der Waals surface area contributed by atoms with Gasteiger partial charge in [-0.05, 0) is 12.6 Å². The van der Waals surface area contributed by atoms with Gasteiger partial charge in [0.05, 0.1) is 12.0 Å². The first-order valence-electron chi connectivity index (χ1n) is 3.79. The Bertz CT molecular complexity index is 262. The molecule has 1 unspecified atom stereocenters. The van der Waals surface area contributed by atoms with Gasteiger partial charge in [-0.2, -0.15) is 5.26 Å². The highest BCUT2D eigenvalue weighted by atomic mass is 16.2. The van der Waals surface area contributed by atoms with E-state index in [9.17, 15) is 4.79 Å². The first-order chi connectivity index (χ1) is 5.79. The van der Waals surface area contributed by atoms with Gasteiger partial charge >= 0.3 is 0 Å². The number of carbonyl (C=O) groups excluding carboxylic acids is 1. The minimum Gasteiger partial charge on any atom is -0.319 e. The Kier molecular flexibility index (Phi) is 2.65. The van der Waals surface area contributed by atoms with Crippen molar-refractivity contribution in [3.63, 3.8) is 0 Å². The van der Waals surface area contributed by atoms with Crippen LogP contribution in [0.5, 0.6) is 0 Å². The highest BCUT2D eigenvalue weighted by Crippen LogP contribution is 2.18. The summed E-state index contributed by atoms with van der Waals surface area (Å²) in [6, 6.07) is 1.87. The Morgan fingerprint density at radius 1 is 1.75 bits per heavy atom.